The van der Waals surface area contributed by atoms with Crippen molar-refractivity contribution in [1.82, 2.24) is 4.90 Å². The largest absolute Gasteiger partial charge is 0.379 e. The molecule has 0 amide bonds. The third-order valence-electron chi connectivity index (χ3n) is 1.55. The van der Waals surface area contributed by atoms with E-state index in [-0.39, 0.29) is 0 Å². The molecule has 1 heterocycles. The van der Waals surface area contributed by atoms with E-state index < -0.39 is 0 Å². The Morgan fingerprint density at radius 2 is 2.00 bits per heavy atom. The smallest absolute Gasteiger partial charge is 0.0594 e. The SMILES string of the molecule is [CH2]C(=C)CN1CCOCC1. The minimum absolute atomic E-state index is 0.854. The molecular formula is C8H14NO. The summed E-state index contributed by atoms with van der Waals surface area (Å²) in [7, 11) is 0. The molecule has 0 unspecified atom stereocenters. The highest BCUT2D eigenvalue weighted by atomic mass is 16.5. The van der Waals surface area contributed by atoms with E-state index in [0.717, 1.165) is 38.4 Å². The van der Waals surface area contributed by atoms with Crippen molar-refractivity contribution in [1.29, 1.82) is 0 Å². The van der Waals surface area contributed by atoms with Gasteiger partial charge in [-0.1, -0.05) is 12.2 Å². The second-order valence-corrected chi connectivity index (χ2v) is 2.64. The molecule has 0 aromatic carbocycles. The minimum atomic E-state index is 0.854. The first kappa shape index (κ1) is 7.76. The Morgan fingerprint density at radius 1 is 1.40 bits per heavy atom. The van der Waals surface area contributed by atoms with Crippen molar-refractivity contribution in [2.24, 2.45) is 0 Å². The first-order valence-electron chi connectivity index (χ1n) is 3.59. The van der Waals surface area contributed by atoms with Crippen LogP contribution >= 0.6 is 0 Å². The van der Waals surface area contributed by atoms with Crippen LogP contribution in [0.3, 0.4) is 0 Å². The maximum atomic E-state index is 5.19. The molecule has 0 aliphatic carbocycles. The molecule has 1 aliphatic rings. The molecule has 1 saturated heterocycles. The van der Waals surface area contributed by atoms with Gasteiger partial charge in [-0.05, 0) is 6.92 Å². The monoisotopic (exact) mass is 140 g/mol. The number of rotatable bonds is 2. The predicted octanol–water partition coefficient (Wildman–Crippen LogP) is 0.709. The number of ether oxygens (including phenoxy) is 1. The van der Waals surface area contributed by atoms with Gasteiger partial charge in [-0.15, -0.1) is 0 Å². The van der Waals surface area contributed by atoms with Gasteiger partial charge >= 0.3 is 0 Å². The zero-order valence-electron chi connectivity index (χ0n) is 6.31. The van der Waals surface area contributed by atoms with Gasteiger partial charge in [0.05, 0.1) is 13.2 Å². The van der Waals surface area contributed by atoms with Crippen molar-refractivity contribution in [2.45, 2.75) is 0 Å². The quantitative estimate of drug-likeness (QED) is 0.560. The van der Waals surface area contributed by atoms with Crippen LogP contribution in [0.15, 0.2) is 12.2 Å². The average molecular weight is 140 g/mol. The van der Waals surface area contributed by atoms with Gasteiger partial charge in [0.2, 0.25) is 0 Å². The zero-order chi connectivity index (χ0) is 7.40. The van der Waals surface area contributed by atoms with Crippen molar-refractivity contribution in [3.63, 3.8) is 0 Å². The van der Waals surface area contributed by atoms with Gasteiger partial charge in [-0.2, -0.15) is 0 Å². The second-order valence-electron chi connectivity index (χ2n) is 2.64. The fourth-order valence-electron chi connectivity index (χ4n) is 1.08. The van der Waals surface area contributed by atoms with E-state index in [9.17, 15) is 0 Å². The highest BCUT2D eigenvalue weighted by molar-refractivity contribution is 5.00. The lowest BCUT2D eigenvalue weighted by molar-refractivity contribution is 0.0426. The molecule has 1 rings (SSSR count). The van der Waals surface area contributed by atoms with Crippen LogP contribution in [0, 0.1) is 6.92 Å². The fourth-order valence-corrected chi connectivity index (χ4v) is 1.08. The summed E-state index contributed by atoms with van der Waals surface area (Å²) in [5.74, 6) is 0. The lowest BCUT2D eigenvalue weighted by Crippen LogP contribution is -2.37. The molecule has 0 bridgehead atoms. The van der Waals surface area contributed by atoms with E-state index in [2.05, 4.69) is 18.4 Å². The van der Waals surface area contributed by atoms with Crippen LogP contribution < -0.4 is 0 Å². The van der Waals surface area contributed by atoms with E-state index in [1.165, 1.54) is 0 Å². The van der Waals surface area contributed by atoms with E-state index in [1.807, 2.05) is 0 Å². The Morgan fingerprint density at radius 3 is 2.50 bits per heavy atom. The van der Waals surface area contributed by atoms with E-state index in [0.29, 0.717) is 0 Å². The molecule has 0 saturated carbocycles. The first-order valence-corrected chi connectivity index (χ1v) is 3.59. The molecule has 57 valence electrons. The van der Waals surface area contributed by atoms with E-state index in [4.69, 9.17) is 4.74 Å². The summed E-state index contributed by atoms with van der Waals surface area (Å²) in [5, 5.41) is 0. The molecule has 10 heavy (non-hydrogen) atoms. The Labute approximate surface area is 62.5 Å². The summed E-state index contributed by atoms with van der Waals surface area (Å²) in [6, 6.07) is 0. The van der Waals surface area contributed by atoms with Crippen molar-refractivity contribution < 1.29 is 4.74 Å². The third kappa shape index (κ3) is 2.50. The molecule has 0 atom stereocenters. The zero-order valence-corrected chi connectivity index (χ0v) is 6.31. The Hall–Kier alpha value is -0.340. The lowest BCUT2D eigenvalue weighted by atomic mass is 10.3. The van der Waals surface area contributed by atoms with E-state index >= 15 is 0 Å². The van der Waals surface area contributed by atoms with Gasteiger partial charge in [0.15, 0.2) is 0 Å². The molecule has 2 heteroatoms. The predicted molar refractivity (Wildman–Crippen MR) is 41.8 cm³/mol. The molecule has 0 spiro atoms. The molecule has 0 aromatic heterocycles. The van der Waals surface area contributed by atoms with Crippen molar-refractivity contribution in [3.05, 3.63) is 19.1 Å². The van der Waals surface area contributed by atoms with Gasteiger partial charge in [0, 0.05) is 19.6 Å². The van der Waals surface area contributed by atoms with Crippen LogP contribution in [0.4, 0.5) is 0 Å². The van der Waals surface area contributed by atoms with E-state index in [1.54, 1.807) is 0 Å². The number of hydrogen-bond donors (Lipinski definition) is 0. The summed E-state index contributed by atoms with van der Waals surface area (Å²) >= 11 is 0. The van der Waals surface area contributed by atoms with Crippen LogP contribution in [0.2, 0.25) is 0 Å². The molecular weight excluding hydrogens is 126 g/mol. The minimum Gasteiger partial charge on any atom is -0.379 e. The van der Waals surface area contributed by atoms with Crippen molar-refractivity contribution in [3.8, 4) is 0 Å². The van der Waals surface area contributed by atoms with Gasteiger partial charge in [-0.25, -0.2) is 0 Å². The van der Waals surface area contributed by atoms with Crippen LogP contribution in [0.5, 0.6) is 0 Å². The summed E-state index contributed by atoms with van der Waals surface area (Å²) in [5.41, 5.74) is 0.988. The lowest BCUT2D eigenvalue weighted by Gasteiger charge is -2.26. The maximum absolute atomic E-state index is 5.19. The third-order valence-corrected chi connectivity index (χ3v) is 1.55. The molecule has 1 aliphatic heterocycles. The molecule has 2 nitrogen and oxygen atoms in total. The Balaban J connectivity index is 2.19. The highest BCUT2D eigenvalue weighted by Gasteiger charge is 2.08. The summed E-state index contributed by atoms with van der Waals surface area (Å²) in [6.07, 6.45) is 0. The normalized spacial score (nSPS) is 20.9. The van der Waals surface area contributed by atoms with Crippen LogP contribution in [0.25, 0.3) is 0 Å². The van der Waals surface area contributed by atoms with Gasteiger partial charge in [0.1, 0.15) is 0 Å². The molecule has 0 N–H and O–H groups in total. The van der Waals surface area contributed by atoms with Gasteiger partial charge in [0.25, 0.3) is 0 Å². The van der Waals surface area contributed by atoms with Crippen LogP contribution in [0.1, 0.15) is 0 Å². The van der Waals surface area contributed by atoms with Gasteiger partial charge < -0.3 is 4.74 Å². The highest BCUT2D eigenvalue weighted by Crippen LogP contribution is 1.99. The standard InChI is InChI=1S/C8H14NO/c1-8(2)7-9-3-5-10-6-4-9/h1-7H2. The van der Waals surface area contributed by atoms with Gasteiger partial charge in [-0.3, -0.25) is 4.90 Å². The Bertz CT molecular complexity index is 116. The molecule has 1 fully saturated rings. The summed E-state index contributed by atoms with van der Waals surface area (Å²) in [6.45, 7) is 12.2. The maximum Gasteiger partial charge on any atom is 0.0594 e. The average Bonchev–Trinajstić information content (AvgIpc) is 1.88. The second kappa shape index (κ2) is 3.74. The number of hydrogen-bond acceptors (Lipinski definition) is 2. The topological polar surface area (TPSA) is 12.5 Å². The Kier molecular flexibility index (Phi) is 2.90. The first-order chi connectivity index (χ1) is 4.79. The number of morpholine rings is 1. The van der Waals surface area contributed by atoms with Crippen LogP contribution in [-0.4, -0.2) is 37.7 Å². The fraction of sp³-hybridized carbons (Fsp3) is 0.625. The summed E-state index contributed by atoms with van der Waals surface area (Å²) < 4.78 is 5.19. The number of nitrogens with zero attached hydrogens (tertiary/aromatic N) is 1. The van der Waals surface area contributed by atoms with Crippen molar-refractivity contribution >= 4 is 0 Å². The molecule has 1 radical (unpaired) electrons. The van der Waals surface area contributed by atoms with Crippen LogP contribution in [-0.2, 0) is 4.74 Å². The summed E-state index contributed by atoms with van der Waals surface area (Å²) in [4.78, 5) is 2.30. The van der Waals surface area contributed by atoms with Crippen molar-refractivity contribution in [2.75, 3.05) is 32.8 Å². The molecule has 0 aromatic rings.